The van der Waals surface area contributed by atoms with Crippen LogP contribution in [0, 0.1) is 0 Å². The highest BCUT2D eigenvalue weighted by Gasteiger charge is 2.15. The van der Waals surface area contributed by atoms with Crippen LogP contribution >= 0.6 is 23.2 Å². The highest BCUT2D eigenvalue weighted by atomic mass is 35.5. The molecule has 0 bridgehead atoms. The minimum Gasteiger partial charge on any atom is -0.392 e. The molecule has 0 fully saturated rings. The van der Waals surface area contributed by atoms with Gasteiger partial charge in [-0.1, -0.05) is 47.5 Å². The maximum Gasteiger partial charge on any atom is 0.0621 e. The van der Waals surface area contributed by atoms with Crippen LogP contribution in [0.1, 0.15) is 28.7 Å². The first-order chi connectivity index (χ1) is 10.1. The summed E-state index contributed by atoms with van der Waals surface area (Å²) in [6.45, 7) is 0. The summed E-state index contributed by atoms with van der Waals surface area (Å²) in [5.74, 6) is 0. The first-order valence-corrected chi connectivity index (χ1v) is 8.10. The highest BCUT2D eigenvalue weighted by molar-refractivity contribution is 6.35. The normalized spacial score (nSPS) is 15.0. The van der Waals surface area contributed by atoms with Crippen molar-refractivity contribution in [1.82, 2.24) is 0 Å². The standard InChI is InChI=1S/C18H18Cl2O/c19-17-5-2-6-18(20)16(17)11-15(21)10-12-7-8-13-3-1-4-14(13)9-12/h2,5-9,15,21H,1,3-4,10-11H2. The van der Waals surface area contributed by atoms with E-state index in [9.17, 15) is 5.11 Å². The predicted octanol–water partition coefficient (Wildman–Crippen LogP) is 4.63. The summed E-state index contributed by atoms with van der Waals surface area (Å²) in [6, 6.07) is 12.0. The van der Waals surface area contributed by atoms with Crippen LogP contribution in [0.25, 0.3) is 0 Å². The van der Waals surface area contributed by atoms with E-state index in [1.165, 1.54) is 29.5 Å². The Morgan fingerprint density at radius 3 is 2.43 bits per heavy atom. The molecule has 0 saturated carbocycles. The number of hydrogen-bond donors (Lipinski definition) is 1. The number of fused-ring (bicyclic) bond motifs is 1. The van der Waals surface area contributed by atoms with Crippen LogP contribution in [-0.2, 0) is 25.7 Å². The Balaban J connectivity index is 1.70. The SMILES string of the molecule is OC(Cc1ccc2c(c1)CCC2)Cc1c(Cl)cccc1Cl. The summed E-state index contributed by atoms with van der Waals surface area (Å²) in [4.78, 5) is 0. The molecule has 1 nitrogen and oxygen atoms in total. The second-order valence-corrected chi connectivity index (χ2v) is 6.53. The van der Waals surface area contributed by atoms with Gasteiger partial charge in [-0.05, 0) is 60.1 Å². The summed E-state index contributed by atoms with van der Waals surface area (Å²) in [5, 5.41) is 11.6. The molecule has 21 heavy (non-hydrogen) atoms. The van der Waals surface area contributed by atoms with Gasteiger partial charge in [0.2, 0.25) is 0 Å². The molecule has 1 unspecified atom stereocenters. The number of rotatable bonds is 4. The smallest absolute Gasteiger partial charge is 0.0621 e. The molecule has 0 heterocycles. The first-order valence-electron chi connectivity index (χ1n) is 7.35. The molecule has 1 aliphatic rings. The number of aryl methyl sites for hydroxylation is 2. The van der Waals surface area contributed by atoms with E-state index in [2.05, 4.69) is 18.2 Å². The summed E-state index contributed by atoms with van der Waals surface area (Å²) in [5.41, 5.74) is 4.92. The van der Waals surface area contributed by atoms with Crippen LogP contribution in [0.5, 0.6) is 0 Å². The zero-order valence-corrected chi connectivity index (χ0v) is 13.3. The van der Waals surface area contributed by atoms with Gasteiger partial charge in [0.05, 0.1) is 6.10 Å². The molecule has 3 heteroatoms. The third kappa shape index (κ3) is 3.42. The van der Waals surface area contributed by atoms with Gasteiger partial charge in [0.25, 0.3) is 0 Å². The van der Waals surface area contributed by atoms with Gasteiger partial charge in [0, 0.05) is 16.5 Å². The minimum atomic E-state index is -0.471. The number of halogens is 2. The van der Waals surface area contributed by atoms with Crippen molar-refractivity contribution >= 4 is 23.2 Å². The van der Waals surface area contributed by atoms with Gasteiger partial charge in [-0.15, -0.1) is 0 Å². The molecule has 1 N–H and O–H groups in total. The summed E-state index contributed by atoms with van der Waals surface area (Å²) in [6.07, 6.45) is 4.24. The quantitative estimate of drug-likeness (QED) is 0.870. The Kier molecular flexibility index (Phi) is 4.54. The van der Waals surface area contributed by atoms with Gasteiger partial charge in [0.1, 0.15) is 0 Å². The fourth-order valence-electron chi connectivity index (χ4n) is 3.06. The number of aliphatic hydroxyl groups excluding tert-OH is 1. The fourth-order valence-corrected chi connectivity index (χ4v) is 3.61. The maximum absolute atomic E-state index is 10.3. The van der Waals surface area contributed by atoms with Gasteiger partial charge in [-0.25, -0.2) is 0 Å². The van der Waals surface area contributed by atoms with Crippen molar-refractivity contribution in [3.05, 3.63) is 68.7 Å². The van der Waals surface area contributed by atoms with Crippen LogP contribution in [0.3, 0.4) is 0 Å². The number of benzene rings is 2. The zero-order chi connectivity index (χ0) is 14.8. The molecule has 1 atom stereocenters. The lowest BCUT2D eigenvalue weighted by atomic mass is 9.98. The van der Waals surface area contributed by atoms with Crippen molar-refractivity contribution in [2.24, 2.45) is 0 Å². The molecule has 0 amide bonds. The molecule has 1 aliphatic carbocycles. The van der Waals surface area contributed by atoms with E-state index in [0.717, 1.165) is 12.0 Å². The van der Waals surface area contributed by atoms with E-state index >= 15 is 0 Å². The van der Waals surface area contributed by atoms with Crippen molar-refractivity contribution in [2.45, 2.75) is 38.2 Å². The Labute approximate surface area is 135 Å². The molecule has 0 spiro atoms. The summed E-state index contributed by atoms with van der Waals surface area (Å²) >= 11 is 12.3. The second-order valence-electron chi connectivity index (χ2n) is 5.72. The lowest BCUT2D eigenvalue weighted by Gasteiger charge is -2.14. The Morgan fingerprint density at radius 2 is 1.67 bits per heavy atom. The van der Waals surface area contributed by atoms with E-state index in [1.807, 2.05) is 18.2 Å². The molecule has 2 aromatic rings. The monoisotopic (exact) mass is 320 g/mol. The number of hydrogen-bond acceptors (Lipinski definition) is 1. The topological polar surface area (TPSA) is 20.2 Å². The maximum atomic E-state index is 10.3. The van der Waals surface area contributed by atoms with Gasteiger partial charge in [-0.2, -0.15) is 0 Å². The Bertz CT molecular complexity index is 631. The summed E-state index contributed by atoms with van der Waals surface area (Å²) < 4.78 is 0. The van der Waals surface area contributed by atoms with Crippen molar-refractivity contribution in [3.63, 3.8) is 0 Å². The zero-order valence-electron chi connectivity index (χ0n) is 11.8. The van der Waals surface area contributed by atoms with Crippen molar-refractivity contribution in [1.29, 1.82) is 0 Å². The lowest BCUT2D eigenvalue weighted by molar-refractivity contribution is 0.175. The van der Waals surface area contributed by atoms with Crippen LogP contribution < -0.4 is 0 Å². The van der Waals surface area contributed by atoms with E-state index in [-0.39, 0.29) is 0 Å². The molecular weight excluding hydrogens is 303 g/mol. The van der Waals surface area contributed by atoms with Gasteiger partial charge in [-0.3, -0.25) is 0 Å². The molecule has 110 valence electrons. The molecule has 0 aliphatic heterocycles. The minimum absolute atomic E-state index is 0.471. The molecule has 0 saturated heterocycles. The van der Waals surface area contributed by atoms with E-state index in [1.54, 1.807) is 0 Å². The van der Waals surface area contributed by atoms with Crippen molar-refractivity contribution in [3.8, 4) is 0 Å². The highest BCUT2D eigenvalue weighted by Crippen LogP contribution is 2.27. The second kappa shape index (κ2) is 6.39. The van der Waals surface area contributed by atoms with Gasteiger partial charge in [0.15, 0.2) is 0 Å². The Hall–Kier alpha value is -1.02. The average Bonchev–Trinajstić information content (AvgIpc) is 2.90. The third-order valence-electron chi connectivity index (χ3n) is 4.14. The lowest BCUT2D eigenvalue weighted by Crippen LogP contribution is -2.14. The van der Waals surface area contributed by atoms with Crippen LogP contribution in [0.4, 0.5) is 0 Å². The summed E-state index contributed by atoms with van der Waals surface area (Å²) in [7, 11) is 0. The van der Waals surface area contributed by atoms with Gasteiger partial charge < -0.3 is 5.11 Å². The fraction of sp³-hybridized carbons (Fsp3) is 0.333. The number of aliphatic hydroxyl groups is 1. The molecule has 3 rings (SSSR count). The third-order valence-corrected chi connectivity index (χ3v) is 4.84. The van der Waals surface area contributed by atoms with Crippen LogP contribution in [0.2, 0.25) is 10.0 Å². The largest absolute Gasteiger partial charge is 0.392 e. The van der Waals surface area contributed by atoms with E-state index < -0.39 is 6.10 Å². The van der Waals surface area contributed by atoms with Crippen LogP contribution in [0.15, 0.2) is 36.4 Å². The molecule has 0 aromatic heterocycles. The molecular formula is C18H18Cl2O. The first kappa shape index (κ1) is 14.9. The van der Waals surface area contributed by atoms with Crippen molar-refractivity contribution in [2.75, 3.05) is 0 Å². The van der Waals surface area contributed by atoms with E-state index in [0.29, 0.717) is 22.9 Å². The molecule has 0 radical (unpaired) electrons. The van der Waals surface area contributed by atoms with Gasteiger partial charge >= 0.3 is 0 Å². The van der Waals surface area contributed by atoms with Crippen LogP contribution in [-0.4, -0.2) is 11.2 Å². The van der Waals surface area contributed by atoms with E-state index in [4.69, 9.17) is 23.2 Å². The predicted molar refractivity (Wildman–Crippen MR) is 88.3 cm³/mol. The van der Waals surface area contributed by atoms with Crippen molar-refractivity contribution < 1.29 is 5.11 Å². The Morgan fingerprint density at radius 1 is 0.952 bits per heavy atom. The average molecular weight is 321 g/mol. The molecule has 2 aromatic carbocycles.